The summed E-state index contributed by atoms with van der Waals surface area (Å²) < 4.78 is 12.0. The molecule has 21 heavy (non-hydrogen) atoms. The largest absolute Gasteiger partial charge is 0.494 e. The number of rotatable bonds is 7. The molecule has 0 aliphatic carbocycles. The van der Waals surface area contributed by atoms with E-state index in [9.17, 15) is 0 Å². The first-order valence-electron chi connectivity index (χ1n) is 8.21. The highest BCUT2D eigenvalue weighted by Crippen LogP contribution is 2.41. The van der Waals surface area contributed by atoms with Crippen LogP contribution in [0.1, 0.15) is 57.2 Å². The molecule has 1 aromatic carbocycles. The lowest BCUT2D eigenvalue weighted by atomic mass is 9.86. The third-order valence-electron chi connectivity index (χ3n) is 4.23. The molecule has 1 saturated heterocycles. The van der Waals surface area contributed by atoms with Crippen LogP contribution < -0.4 is 10.1 Å². The summed E-state index contributed by atoms with van der Waals surface area (Å²) in [6.45, 7) is 11.1. The first-order chi connectivity index (χ1) is 10.1. The van der Waals surface area contributed by atoms with Crippen molar-refractivity contribution in [2.45, 2.75) is 58.6 Å². The van der Waals surface area contributed by atoms with Gasteiger partial charge in [0, 0.05) is 12.2 Å². The van der Waals surface area contributed by atoms with Crippen LogP contribution in [0.5, 0.6) is 5.75 Å². The van der Waals surface area contributed by atoms with Crippen molar-refractivity contribution in [1.29, 1.82) is 0 Å². The van der Waals surface area contributed by atoms with Gasteiger partial charge < -0.3 is 14.8 Å². The summed E-state index contributed by atoms with van der Waals surface area (Å²) in [7, 11) is 0. The summed E-state index contributed by atoms with van der Waals surface area (Å²) in [5.74, 6) is 0.980. The van der Waals surface area contributed by atoms with Gasteiger partial charge in [-0.3, -0.25) is 0 Å². The van der Waals surface area contributed by atoms with Gasteiger partial charge in [0.2, 0.25) is 0 Å². The highest BCUT2D eigenvalue weighted by atomic mass is 16.5. The Morgan fingerprint density at radius 1 is 1.38 bits per heavy atom. The molecule has 0 amide bonds. The van der Waals surface area contributed by atoms with E-state index in [0.717, 1.165) is 38.2 Å². The number of aryl methyl sites for hydroxylation is 1. The van der Waals surface area contributed by atoms with E-state index in [1.165, 1.54) is 11.1 Å². The third kappa shape index (κ3) is 3.78. The molecular formula is C18H29NO2. The van der Waals surface area contributed by atoms with Crippen LogP contribution in [0.4, 0.5) is 0 Å². The molecule has 0 spiro atoms. The first-order valence-corrected chi connectivity index (χ1v) is 8.21. The maximum atomic E-state index is 6.11. The van der Waals surface area contributed by atoms with E-state index in [-0.39, 0.29) is 11.6 Å². The van der Waals surface area contributed by atoms with Crippen LogP contribution in [-0.4, -0.2) is 25.4 Å². The number of benzene rings is 1. The standard InChI is InChI=1S/C18H29NO2/c1-5-11-19-17(18(4)10-7-12-21-18)15-13-14(3)8-9-16(15)20-6-2/h8-9,13,17,19H,5-7,10-12H2,1-4H3. The van der Waals surface area contributed by atoms with E-state index in [2.05, 4.69) is 44.3 Å². The molecule has 1 aromatic rings. The number of ether oxygens (including phenoxy) is 2. The lowest BCUT2D eigenvalue weighted by Gasteiger charge is -2.35. The molecule has 0 aromatic heterocycles. The predicted molar refractivity (Wildman–Crippen MR) is 87.0 cm³/mol. The molecule has 1 aliphatic heterocycles. The van der Waals surface area contributed by atoms with E-state index in [0.29, 0.717) is 6.61 Å². The zero-order chi connectivity index (χ0) is 15.3. The second kappa shape index (κ2) is 7.28. The minimum absolute atomic E-state index is 0.144. The molecule has 0 radical (unpaired) electrons. The molecule has 3 nitrogen and oxygen atoms in total. The number of nitrogens with one attached hydrogen (secondary N) is 1. The smallest absolute Gasteiger partial charge is 0.124 e. The van der Waals surface area contributed by atoms with Crippen LogP contribution in [-0.2, 0) is 4.74 Å². The van der Waals surface area contributed by atoms with E-state index >= 15 is 0 Å². The van der Waals surface area contributed by atoms with Crippen molar-refractivity contribution < 1.29 is 9.47 Å². The van der Waals surface area contributed by atoms with Gasteiger partial charge in [-0.2, -0.15) is 0 Å². The zero-order valence-electron chi connectivity index (χ0n) is 13.9. The van der Waals surface area contributed by atoms with Crippen LogP contribution in [0.2, 0.25) is 0 Å². The van der Waals surface area contributed by atoms with Crippen molar-refractivity contribution in [3.05, 3.63) is 29.3 Å². The van der Waals surface area contributed by atoms with E-state index in [4.69, 9.17) is 9.47 Å². The molecule has 1 heterocycles. The Balaban J connectivity index is 2.37. The first kappa shape index (κ1) is 16.3. The lowest BCUT2D eigenvalue weighted by Crippen LogP contribution is -2.41. The van der Waals surface area contributed by atoms with Crippen molar-refractivity contribution in [2.24, 2.45) is 0 Å². The molecule has 0 saturated carbocycles. The minimum atomic E-state index is -0.144. The summed E-state index contributed by atoms with van der Waals surface area (Å²) in [4.78, 5) is 0. The monoisotopic (exact) mass is 291 g/mol. The normalized spacial score (nSPS) is 23.2. The predicted octanol–water partition coefficient (Wildman–Crippen LogP) is 4.00. The van der Waals surface area contributed by atoms with Crippen LogP contribution in [0.25, 0.3) is 0 Å². The Hall–Kier alpha value is -1.06. The minimum Gasteiger partial charge on any atom is -0.494 e. The summed E-state index contributed by atoms with van der Waals surface area (Å²) in [5, 5.41) is 3.69. The molecular weight excluding hydrogens is 262 g/mol. The summed E-state index contributed by atoms with van der Waals surface area (Å²) >= 11 is 0. The van der Waals surface area contributed by atoms with Gasteiger partial charge in [-0.1, -0.05) is 24.6 Å². The van der Waals surface area contributed by atoms with Gasteiger partial charge in [0.25, 0.3) is 0 Å². The van der Waals surface area contributed by atoms with Gasteiger partial charge in [0.15, 0.2) is 0 Å². The fourth-order valence-corrected chi connectivity index (χ4v) is 3.15. The number of hydrogen-bond donors (Lipinski definition) is 1. The highest BCUT2D eigenvalue weighted by molar-refractivity contribution is 5.40. The maximum Gasteiger partial charge on any atom is 0.124 e. The molecule has 2 atom stereocenters. The maximum absolute atomic E-state index is 6.11. The SMILES string of the molecule is CCCNC(c1cc(C)ccc1OCC)C1(C)CCCO1. The molecule has 3 heteroatoms. The molecule has 1 fully saturated rings. The Kier molecular flexibility index (Phi) is 5.65. The van der Waals surface area contributed by atoms with Gasteiger partial charge in [-0.15, -0.1) is 0 Å². The highest BCUT2D eigenvalue weighted by Gasteiger charge is 2.40. The summed E-state index contributed by atoms with van der Waals surface area (Å²) in [5.41, 5.74) is 2.35. The van der Waals surface area contributed by atoms with Crippen molar-refractivity contribution in [3.8, 4) is 5.75 Å². The van der Waals surface area contributed by atoms with Crippen LogP contribution in [0.15, 0.2) is 18.2 Å². The van der Waals surface area contributed by atoms with Crippen LogP contribution >= 0.6 is 0 Å². The second-order valence-electron chi connectivity index (χ2n) is 6.13. The van der Waals surface area contributed by atoms with Crippen molar-refractivity contribution in [3.63, 3.8) is 0 Å². The van der Waals surface area contributed by atoms with E-state index in [1.807, 2.05) is 6.92 Å². The van der Waals surface area contributed by atoms with Gasteiger partial charge >= 0.3 is 0 Å². The molecule has 1 aliphatic rings. The topological polar surface area (TPSA) is 30.5 Å². The number of hydrogen-bond acceptors (Lipinski definition) is 3. The molecule has 0 bridgehead atoms. The molecule has 118 valence electrons. The summed E-state index contributed by atoms with van der Waals surface area (Å²) in [6.07, 6.45) is 3.34. The Bertz CT molecular complexity index is 453. The van der Waals surface area contributed by atoms with Gasteiger partial charge in [-0.25, -0.2) is 0 Å². The zero-order valence-corrected chi connectivity index (χ0v) is 13.9. The third-order valence-corrected chi connectivity index (χ3v) is 4.23. The van der Waals surface area contributed by atoms with Gasteiger partial charge in [0.05, 0.1) is 18.2 Å². The quantitative estimate of drug-likeness (QED) is 0.823. The molecule has 2 rings (SSSR count). The average Bonchev–Trinajstić information content (AvgIpc) is 2.90. The Morgan fingerprint density at radius 2 is 2.19 bits per heavy atom. The Morgan fingerprint density at radius 3 is 2.81 bits per heavy atom. The van der Waals surface area contributed by atoms with Crippen LogP contribution in [0, 0.1) is 6.92 Å². The van der Waals surface area contributed by atoms with Crippen molar-refractivity contribution in [1.82, 2.24) is 5.32 Å². The van der Waals surface area contributed by atoms with Gasteiger partial charge in [-0.05, 0) is 52.6 Å². The van der Waals surface area contributed by atoms with Gasteiger partial charge in [0.1, 0.15) is 5.75 Å². The Labute approximate surface area is 129 Å². The summed E-state index contributed by atoms with van der Waals surface area (Å²) in [6, 6.07) is 6.63. The van der Waals surface area contributed by atoms with E-state index < -0.39 is 0 Å². The second-order valence-corrected chi connectivity index (χ2v) is 6.13. The van der Waals surface area contributed by atoms with Crippen molar-refractivity contribution in [2.75, 3.05) is 19.8 Å². The molecule has 2 unspecified atom stereocenters. The van der Waals surface area contributed by atoms with E-state index in [1.54, 1.807) is 0 Å². The lowest BCUT2D eigenvalue weighted by molar-refractivity contribution is -0.0131. The van der Waals surface area contributed by atoms with Crippen LogP contribution in [0.3, 0.4) is 0 Å². The molecule has 1 N–H and O–H groups in total. The van der Waals surface area contributed by atoms with Crippen molar-refractivity contribution >= 4 is 0 Å². The fourth-order valence-electron chi connectivity index (χ4n) is 3.15. The average molecular weight is 291 g/mol. The fraction of sp³-hybridized carbons (Fsp3) is 0.667.